The minimum Gasteiger partial charge on any atom is -0.495 e. The Morgan fingerprint density at radius 3 is 2.23 bits per heavy atom. The first-order valence-electron chi connectivity index (χ1n) is 9.22. The molecule has 7 nitrogen and oxygen atoms in total. The summed E-state index contributed by atoms with van der Waals surface area (Å²) in [7, 11) is -2.35. The highest BCUT2D eigenvalue weighted by atomic mass is 35.5. The van der Waals surface area contributed by atoms with E-state index in [2.05, 4.69) is 10.0 Å². The van der Waals surface area contributed by atoms with Gasteiger partial charge in [0.25, 0.3) is 15.9 Å². The zero-order valence-corrected chi connectivity index (χ0v) is 18.5. The zero-order chi connectivity index (χ0) is 22.4. The van der Waals surface area contributed by atoms with Crippen molar-refractivity contribution in [2.24, 2.45) is 0 Å². The topological polar surface area (TPSA) is 93.7 Å². The molecule has 3 rings (SSSR count). The Kier molecular flexibility index (Phi) is 7.04. The predicted octanol–water partition coefficient (Wildman–Crippen LogP) is 4.48. The molecule has 0 saturated carbocycles. The van der Waals surface area contributed by atoms with Gasteiger partial charge in [-0.25, -0.2) is 8.42 Å². The van der Waals surface area contributed by atoms with Crippen molar-refractivity contribution in [1.82, 2.24) is 0 Å². The van der Waals surface area contributed by atoms with Crippen molar-refractivity contribution in [3.05, 3.63) is 77.3 Å². The Morgan fingerprint density at radius 1 is 0.968 bits per heavy atom. The molecule has 2 N–H and O–H groups in total. The number of nitrogens with one attached hydrogen (secondary N) is 2. The zero-order valence-electron chi connectivity index (χ0n) is 16.9. The van der Waals surface area contributed by atoms with E-state index in [0.29, 0.717) is 22.9 Å². The lowest BCUT2D eigenvalue weighted by molar-refractivity contribution is -0.118. The van der Waals surface area contributed by atoms with E-state index in [1.165, 1.54) is 37.4 Å². The quantitative estimate of drug-likeness (QED) is 0.517. The number of anilines is 2. The average Bonchev–Trinajstić information content (AvgIpc) is 2.74. The summed E-state index contributed by atoms with van der Waals surface area (Å²) in [6.45, 7) is 1.75. The highest BCUT2D eigenvalue weighted by Gasteiger charge is 2.15. The largest absolute Gasteiger partial charge is 0.495 e. The summed E-state index contributed by atoms with van der Waals surface area (Å²) in [6, 6.07) is 17.7. The first-order chi connectivity index (χ1) is 14.8. The number of hydrogen-bond donors (Lipinski definition) is 2. The molecule has 3 aromatic rings. The van der Waals surface area contributed by atoms with Crippen LogP contribution in [0.4, 0.5) is 11.4 Å². The molecule has 0 aliphatic rings. The van der Waals surface area contributed by atoms with E-state index in [1.54, 1.807) is 24.3 Å². The van der Waals surface area contributed by atoms with Crippen molar-refractivity contribution >= 4 is 38.9 Å². The summed E-state index contributed by atoms with van der Waals surface area (Å²) in [4.78, 5) is 12.0. The van der Waals surface area contributed by atoms with Gasteiger partial charge in [0.15, 0.2) is 6.61 Å². The number of benzene rings is 3. The van der Waals surface area contributed by atoms with Crippen LogP contribution in [0.5, 0.6) is 11.5 Å². The van der Waals surface area contributed by atoms with Gasteiger partial charge in [0.05, 0.1) is 22.7 Å². The number of rotatable bonds is 8. The molecule has 0 fully saturated rings. The number of methoxy groups -OCH3 is 1. The van der Waals surface area contributed by atoms with Crippen molar-refractivity contribution in [2.75, 3.05) is 23.8 Å². The van der Waals surface area contributed by atoms with Crippen LogP contribution in [-0.2, 0) is 14.8 Å². The van der Waals surface area contributed by atoms with Crippen LogP contribution in [0.3, 0.4) is 0 Å². The molecule has 162 valence electrons. The average molecular weight is 461 g/mol. The number of amides is 1. The summed E-state index contributed by atoms with van der Waals surface area (Å²) in [6.07, 6.45) is 0. The fourth-order valence-corrected chi connectivity index (χ4v) is 3.95. The van der Waals surface area contributed by atoms with Gasteiger partial charge in [-0.3, -0.25) is 9.52 Å². The van der Waals surface area contributed by atoms with Gasteiger partial charge in [-0.15, -0.1) is 0 Å². The molecule has 0 bridgehead atoms. The third-order valence-electron chi connectivity index (χ3n) is 4.24. The van der Waals surface area contributed by atoms with Gasteiger partial charge in [0.2, 0.25) is 0 Å². The number of sulfonamides is 1. The third kappa shape index (κ3) is 6.13. The number of carbonyl (C=O) groups excluding carboxylic acids is 1. The second kappa shape index (κ2) is 9.72. The van der Waals surface area contributed by atoms with Crippen molar-refractivity contribution in [2.45, 2.75) is 11.8 Å². The smallest absolute Gasteiger partial charge is 0.262 e. The van der Waals surface area contributed by atoms with E-state index in [0.717, 1.165) is 5.56 Å². The van der Waals surface area contributed by atoms with Crippen molar-refractivity contribution < 1.29 is 22.7 Å². The Hall–Kier alpha value is -3.23. The monoisotopic (exact) mass is 460 g/mol. The third-order valence-corrected chi connectivity index (χ3v) is 5.94. The fraction of sp³-hybridized carbons (Fsp3) is 0.136. The first-order valence-corrected chi connectivity index (χ1v) is 11.1. The molecule has 0 aliphatic carbocycles. The number of ether oxygens (including phenoxy) is 2. The van der Waals surface area contributed by atoms with Crippen molar-refractivity contribution in [3.63, 3.8) is 0 Å². The van der Waals surface area contributed by atoms with Gasteiger partial charge >= 0.3 is 0 Å². The first kappa shape index (κ1) is 22.5. The minimum atomic E-state index is -3.83. The van der Waals surface area contributed by atoms with Gasteiger partial charge in [0.1, 0.15) is 11.5 Å². The molecule has 3 aromatic carbocycles. The van der Waals surface area contributed by atoms with E-state index in [4.69, 9.17) is 21.1 Å². The maximum absolute atomic E-state index is 12.6. The van der Waals surface area contributed by atoms with E-state index >= 15 is 0 Å². The molecule has 0 heterocycles. The van der Waals surface area contributed by atoms with E-state index in [-0.39, 0.29) is 22.4 Å². The molecular weight excluding hydrogens is 440 g/mol. The normalized spacial score (nSPS) is 10.9. The fourth-order valence-electron chi connectivity index (χ4n) is 2.64. The van der Waals surface area contributed by atoms with Gasteiger partial charge < -0.3 is 14.8 Å². The molecule has 0 aromatic heterocycles. The van der Waals surface area contributed by atoms with Crippen LogP contribution in [-0.4, -0.2) is 28.0 Å². The number of hydrogen-bond acceptors (Lipinski definition) is 5. The summed E-state index contributed by atoms with van der Waals surface area (Å²) in [5.41, 5.74) is 2.07. The van der Waals surface area contributed by atoms with Gasteiger partial charge in [-0.2, -0.15) is 0 Å². The second-order valence-electron chi connectivity index (χ2n) is 6.63. The Labute approximate surface area is 186 Å². The number of carbonyl (C=O) groups is 1. The van der Waals surface area contributed by atoms with E-state index < -0.39 is 10.0 Å². The summed E-state index contributed by atoms with van der Waals surface area (Å²) in [5, 5.41) is 3.01. The van der Waals surface area contributed by atoms with E-state index in [1.807, 2.05) is 19.1 Å². The molecule has 0 saturated heterocycles. The Morgan fingerprint density at radius 2 is 1.61 bits per heavy atom. The van der Waals surface area contributed by atoms with Crippen LogP contribution in [0.25, 0.3) is 0 Å². The van der Waals surface area contributed by atoms with Gasteiger partial charge in [0, 0.05) is 5.69 Å². The minimum absolute atomic E-state index is 0.0379. The molecule has 0 spiro atoms. The maximum Gasteiger partial charge on any atom is 0.262 e. The maximum atomic E-state index is 12.6. The molecule has 0 unspecified atom stereocenters. The van der Waals surface area contributed by atoms with Crippen LogP contribution < -0.4 is 19.5 Å². The van der Waals surface area contributed by atoms with Gasteiger partial charge in [-0.1, -0.05) is 29.3 Å². The Balaban J connectivity index is 1.59. The summed E-state index contributed by atoms with van der Waals surface area (Å²) >= 11 is 6.03. The molecule has 1 amide bonds. The number of halogens is 1. The summed E-state index contributed by atoms with van der Waals surface area (Å²) in [5.74, 6) is 0.488. The van der Waals surface area contributed by atoms with Crippen molar-refractivity contribution in [1.29, 1.82) is 0 Å². The molecule has 9 heteroatoms. The summed E-state index contributed by atoms with van der Waals surface area (Å²) < 4.78 is 38.1. The van der Waals surface area contributed by atoms with Crippen LogP contribution in [0.15, 0.2) is 71.6 Å². The lowest BCUT2D eigenvalue weighted by atomic mass is 10.2. The Bertz CT molecular complexity index is 1160. The molecule has 0 aliphatic heterocycles. The van der Waals surface area contributed by atoms with Crippen LogP contribution in [0.2, 0.25) is 5.02 Å². The van der Waals surface area contributed by atoms with Crippen LogP contribution in [0.1, 0.15) is 5.56 Å². The molecule has 0 atom stereocenters. The highest BCUT2D eigenvalue weighted by molar-refractivity contribution is 7.92. The lowest BCUT2D eigenvalue weighted by Crippen LogP contribution is -2.20. The van der Waals surface area contributed by atoms with Crippen molar-refractivity contribution in [3.8, 4) is 11.5 Å². The van der Waals surface area contributed by atoms with E-state index in [9.17, 15) is 13.2 Å². The van der Waals surface area contributed by atoms with Crippen LogP contribution >= 0.6 is 11.6 Å². The molecular formula is C22H21ClN2O5S. The molecule has 0 radical (unpaired) electrons. The number of aryl methyl sites for hydroxylation is 1. The lowest BCUT2D eigenvalue weighted by Gasteiger charge is -2.11. The highest BCUT2D eigenvalue weighted by Crippen LogP contribution is 2.28. The predicted molar refractivity (Wildman–Crippen MR) is 121 cm³/mol. The SMILES string of the molecule is COc1ccc(NS(=O)(=O)c2ccc(OCC(=O)Nc3ccc(C)cc3)cc2)cc1Cl. The second-order valence-corrected chi connectivity index (χ2v) is 8.72. The standard InChI is InChI=1S/C22H21ClN2O5S/c1-15-3-5-16(6-4-15)24-22(26)14-30-18-8-10-19(11-9-18)31(27,28)25-17-7-12-21(29-2)20(23)13-17/h3-13,25H,14H2,1-2H3,(H,24,26). The molecule has 31 heavy (non-hydrogen) atoms. The van der Waals surface area contributed by atoms with Gasteiger partial charge in [-0.05, 0) is 61.5 Å². The van der Waals surface area contributed by atoms with Crippen LogP contribution in [0, 0.1) is 6.92 Å².